The number of rotatable bonds is 3. The fraction of sp³-hybridized carbons (Fsp3) is 0.0667. The Morgan fingerprint density at radius 3 is 2.26 bits per heavy atom. The normalized spacial score (nSPS) is 11.2. The molecule has 0 bridgehead atoms. The molecule has 0 heterocycles. The predicted molar refractivity (Wildman–Crippen MR) is 86.2 cm³/mol. The molecule has 0 unspecified atom stereocenters. The molecule has 0 saturated carbocycles. The molecule has 3 amide bonds. The third-order valence-corrected chi connectivity index (χ3v) is 4.02. The summed E-state index contributed by atoms with van der Waals surface area (Å²) < 4.78 is 77.8. The lowest BCUT2D eigenvalue weighted by atomic mass is 10.2. The SMILES string of the molecule is O=C(NC(=O)c1c(F)cccc1Cl)Nc1ccc(SC(F)(F)F)c(F)c1F. The first-order chi connectivity index (χ1) is 12.5. The number of carbonyl (C=O) groups excluding carboxylic acids is 2. The first kappa shape index (κ1) is 20.9. The number of carbonyl (C=O) groups is 2. The van der Waals surface area contributed by atoms with Crippen molar-refractivity contribution in [2.45, 2.75) is 10.4 Å². The third kappa shape index (κ3) is 5.30. The van der Waals surface area contributed by atoms with E-state index in [0.717, 1.165) is 6.07 Å². The van der Waals surface area contributed by atoms with Crippen molar-refractivity contribution in [1.82, 2.24) is 5.32 Å². The zero-order valence-corrected chi connectivity index (χ0v) is 14.3. The minimum Gasteiger partial charge on any atom is -0.305 e. The Kier molecular flexibility index (Phi) is 6.26. The zero-order chi connectivity index (χ0) is 20.4. The number of alkyl halides is 3. The van der Waals surface area contributed by atoms with E-state index in [1.165, 1.54) is 12.1 Å². The monoisotopic (exact) mass is 428 g/mol. The van der Waals surface area contributed by atoms with Crippen molar-refractivity contribution < 1.29 is 35.9 Å². The van der Waals surface area contributed by atoms with E-state index in [9.17, 15) is 35.9 Å². The highest BCUT2D eigenvalue weighted by Crippen LogP contribution is 2.39. The van der Waals surface area contributed by atoms with Gasteiger partial charge in [-0.1, -0.05) is 17.7 Å². The summed E-state index contributed by atoms with van der Waals surface area (Å²) >= 11 is 4.77. The van der Waals surface area contributed by atoms with E-state index >= 15 is 0 Å². The van der Waals surface area contributed by atoms with Gasteiger partial charge in [-0.15, -0.1) is 0 Å². The van der Waals surface area contributed by atoms with E-state index in [2.05, 4.69) is 0 Å². The zero-order valence-electron chi connectivity index (χ0n) is 12.8. The Hall–Kier alpha value is -2.40. The molecule has 0 radical (unpaired) electrons. The predicted octanol–water partition coefficient (Wildman–Crippen LogP) is 5.33. The number of hydrogen-bond acceptors (Lipinski definition) is 3. The molecule has 0 atom stereocenters. The van der Waals surface area contributed by atoms with Crippen molar-refractivity contribution in [3.63, 3.8) is 0 Å². The minimum absolute atomic E-state index is 0.300. The maximum atomic E-state index is 13.8. The van der Waals surface area contributed by atoms with E-state index in [0.29, 0.717) is 12.1 Å². The number of thioether (sulfide) groups is 1. The van der Waals surface area contributed by atoms with Gasteiger partial charge in [0, 0.05) is 0 Å². The highest BCUT2D eigenvalue weighted by Gasteiger charge is 2.32. The van der Waals surface area contributed by atoms with Crippen LogP contribution in [0.25, 0.3) is 0 Å². The second kappa shape index (κ2) is 8.09. The van der Waals surface area contributed by atoms with Crippen LogP contribution in [-0.4, -0.2) is 17.4 Å². The largest absolute Gasteiger partial charge is 0.446 e. The number of anilines is 1. The fourth-order valence-electron chi connectivity index (χ4n) is 1.87. The highest BCUT2D eigenvalue weighted by atomic mass is 35.5. The third-order valence-electron chi connectivity index (χ3n) is 2.94. The lowest BCUT2D eigenvalue weighted by molar-refractivity contribution is -0.0329. The van der Waals surface area contributed by atoms with Crippen LogP contribution in [0.2, 0.25) is 5.02 Å². The Balaban J connectivity index is 2.14. The lowest BCUT2D eigenvalue weighted by Crippen LogP contribution is -2.35. The average molecular weight is 429 g/mol. The average Bonchev–Trinajstić information content (AvgIpc) is 2.53. The van der Waals surface area contributed by atoms with Crippen LogP contribution in [0, 0.1) is 17.5 Å². The summed E-state index contributed by atoms with van der Waals surface area (Å²) in [4.78, 5) is 22.5. The van der Waals surface area contributed by atoms with E-state index in [4.69, 9.17) is 11.6 Å². The van der Waals surface area contributed by atoms with Crippen molar-refractivity contribution in [2.75, 3.05) is 5.32 Å². The van der Waals surface area contributed by atoms with Crippen LogP contribution < -0.4 is 10.6 Å². The second-order valence-electron chi connectivity index (χ2n) is 4.79. The van der Waals surface area contributed by atoms with E-state index < -0.39 is 62.8 Å². The highest BCUT2D eigenvalue weighted by molar-refractivity contribution is 8.00. The summed E-state index contributed by atoms with van der Waals surface area (Å²) in [5, 5.41) is 3.08. The second-order valence-corrected chi connectivity index (χ2v) is 6.31. The number of benzene rings is 2. The van der Waals surface area contributed by atoms with Crippen LogP contribution in [-0.2, 0) is 0 Å². The molecule has 0 fully saturated rings. The van der Waals surface area contributed by atoms with Gasteiger partial charge in [-0.25, -0.2) is 18.0 Å². The summed E-state index contributed by atoms with van der Waals surface area (Å²) in [7, 11) is 0. The molecule has 4 nitrogen and oxygen atoms in total. The van der Waals surface area contributed by atoms with Crippen LogP contribution in [0.3, 0.4) is 0 Å². The molecule has 27 heavy (non-hydrogen) atoms. The van der Waals surface area contributed by atoms with Gasteiger partial charge in [0.05, 0.1) is 21.2 Å². The maximum absolute atomic E-state index is 13.8. The summed E-state index contributed by atoms with van der Waals surface area (Å²) in [5.74, 6) is -5.89. The van der Waals surface area contributed by atoms with Gasteiger partial charge in [0.25, 0.3) is 5.91 Å². The van der Waals surface area contributed by atoms with Gasteiger partial charge in [0.15, 0.2) is 11.6 Å². The standard InChI is InChI=1S/C15H7ClF6N2O2S/c16-6-2-1-3-7(17)10(6)13(25)24-14(26)23-8-4-5-9(12(19)11(8)18)27-15(20,21)22/h1-5H,(H2,23,24,25,26). The fourth-order valence-corrected chi connectivity index (χ4v) is 2.68. The van der Waals surface area contributed by atoms with Crippen LogP contribution in [0.15, 0.2) is 35.2 Å². The number of amides is 3. The Morgan fingerprint density at radius 1 is 1.00 bits per heavy atom. The minimum atomic E-state index is -4.84. The Bertz CT molecular complexity index is 886. The molecule has 2 aromatic rings. The molecule has 2 N–H and O–H groups in total. The van der Waals surface area contributed by atoms with Gasteiger partial charge < -0.3 is 5.32 Å². The smallest absolute Gasteiger partial charge is 0.305 e. The Morgan fingerprint density at radius 2 is 1.67 bits per heavy atom. The molecule has 12 heteroatoms. The van der Waals surface area contributed by atoms with Gasteiger partial charge in [0.1, 0.15) is 5.82 Å². The molecular formula is C15H7ClF6N2O2S. The maximum Gasteiger partial charge on any atom is 0.446 e. The summed E-state index contributed by atoms with van der Waals surface area (Å²) in [5.41, 5.74) is -6.33. The van der Waals surface area contributed by atoms with Crippen molar-refractivity contribution >= 4 is 41.0 Å². The van der Waals surface area contributed by atoms with Gasteiger partial charge in [0.2, 0.25) is 0 Å². The molecular weight excluding hydrogens is 422 g/mol. The van der Waals surface area contributed by atoms with E-state index in [-0.39, 0.29) is 5.02 Å². The van der Waals surface area contributed by atoms with Gasteiger partial charge in [-0.3, -0.25) is 10.1 Å². The summed E-state index contributed by atoms with van der Waals surface area (Å²) in [6, 6.07) is 3.20. The lowest BCUT2D eigenvalue weighted by Gasteiger charge is -2.11. The molecule has 2 aromatic carbocycles. The van der Waals surface area contributed by atoms with Crippen LogP contribution in [0.5, 0.6) is 0 Å². The molecule has 2 rings (SSSR count). The summed E-state index contributed by atoms with van der Waals surface area (Å²) in [6.07, 6.45) is 0. The molecule has 0 saturated heterocycles. The molecule has 0 spiro atoms. The Labute approximate surface area is 156 Å². The van der Waals surface area contributed by atoms with Crippen molar-refractivity contribution in [2.24, 2.45) is 0 Å². The van der Waals surface area contributed by atoms with Crippen molar-refractivity contribution in [1.29, 1.82) is 0 Å². The van der Waals surface area contributed by atoms with Crippen molar-refractivity contribution in [3.8, 4) is 0 Å². The number of nitrogens with one attached hydrogen (secondary N) is 2. The molecule has 0 aliphatic heterocycles. The van der Waals surface area contributed by atoms with Crippen molar-refractivity contribution in [3.05, 3.63) is 58.4 Å². The van der Waals surface area contributed by atoms with E-state index in [1.807, 2.05) is 0 Å². The molecule has 144 valence electrons. The quantitative estimate of drug-likeness (QED) is 0.513. The van der Waals surface area contributed by atoms with Gasteiger partial charge >= 0.3 is 11.5 Å². The van der Waals surface area contributed by atoms with Gasteiger partial charge in [-0.2, -0.15) is 13.2 Å². The molecule has 0 aliphatic carbocycles. The first-order valence-corrected chi connectivity index (χ1v) is 7.99. The first-order valence-electron chi connectivity index (χ1n) is 6.79. The number of urea groups is 1. The summed E-state index contributed by atoms with van der Waals surface area (Å²) in [6.45, 7) is 0. The number of halogens is 7. The van der Waals surface area contributed by atoms with Crippen LogP contribution in [0.1, 0.15) is 10.4 Å². The van der Waals surface area contributed by atoms with Gasteiger partial charge in [-0.05, 0) is 36.0 Å². The van der Waals surface area contributed by atoms with Crippen LogP contribution in [0.4, 0.5) is 36.8 Å². The van der Waals surface area contributed by atoms with Crippen LogP contribution >= 0.6 is 23.4 Å². The molecule has 0 aromatic heterocycles. The number of hydrogen-bond donors (Lipinski definition) is 2. The topological polar surface area (TPSA) is 58.2 Å². The van der Waals surface area contributed by atoms with E-state index in [1.54, 1.807) is 10.6 Å². The number of imide groups is 1. The molecule has 0 aliphatic rings.